The molecular weight excluding hydrogens is 240 g/mol. The summed E-state index contributed by atoms with van der Waals surface area (Å²) in [4.78, 5) is 3.90. The zero-order chi connectivity index (χ0) is 12.5. The van der Waals surface area contributed by atoms with E-state index in [4.69, 9.17) is 26.4 Å². The molecule has 0 aliphatic carbocycles. The van der Waals surface area contributed by atoms with Crippen LogP contribution in [0.4, 0.5) is 0 Å². The number of hydrogen-bond donors (Lipinski definition) is 2. The Bertz CT molecular complexity index is 424. The molecule has 0 aliphatic rings. The van der Waals surface area contributed by atoms with E-state index in [1.807, 2.05) is 12.1 Å². The Labute approximate surface area is 105 Å². The highest BCUT2D eigenvalue weighted by molar-refractivity contribution is 6.30. The van der Waals surface area contributed by atoms with Crippen LogP contribution in [0.25, 0.3) is 0 Å². The zero-order valence-corrected chi connectivity index (χ0v) is 9.58. The van der Waals surface area contributed by atoms with Crippen LogP contribution in [0, 0.1) is 0 Å². The Hall–Kier alpha value is -1.56. The van der Waals surface area contributed by atoms with Crippen LogP contribution in [0.5, 0.6) is 11.5 Å². The minimum Gasteiger partial charge on any atom is -0.457 e. The molecule has 0 amide bonds. The number of ether oxygens (including phenoxy) is 1. The number of hydrogen-bond acceptors (Lipinski definition) is 4. The minimum atomic E-state index is 0. The average molecular weight is 250 g/mol. The van der Waals surface area contributed by atoms with Gasteiger partial charge >= 0.3 is 7.69 Å². The van der Waals surface area contributed by atoms with E-state index in [9.17, 15) is 0 Å². The predicted molar refractivity (Wildman–Crippen MR) is 66.0 cm³/mol. The van der Waals surface area contributed by atoms with E-state index in [1.165, 1.54) is 0 Å². The molecule has 0 unspecified atom stereocenters. The van der Waals surface area contributed by atoms with Gasteiger partial charge in [0.2, 0.25) is 0 Å². The Morgan fingerprint density at radius 1 is 0.941 bits per heavy atom. The number of nitrogens with zero attached hydrogens (tertiary/aromatic N) is 1. The SMILES string of the molecule is Clc1ccc(Oc2ccncc2)cc1.O[B]O. The van der Waals surface area contributed by atoms with Gasteiger partial charge in [0.15, 0.2) is 0 Å². The molecule has 2 rings (SSSR count). The molecule has 0 fully saturated rings. The molecule has 1 aromatic heterocycles. The summed E-state index contributed by atoms with van der Waals surface area (Å²) in [6.07, 6.45) is 3.37. The molecule has 87 valence electrons. The molecule has 2 N–H and O–H groups in total. The summed E-state index contributed by atoms with van der Waals surface area (Å²) in [6.45, 7) is 0. The Morgan fingerprint density at radius 2 is 1.41 bits per heavy atom. The van der Waals surface area contributed by atoms with Gasteiger partial charge in [-0.1, -0.05) is 11.6 Å². The molecule has 17 heavy (non-hydrogen) atoms. The normalized spacial score (nSPS) is 8.88. The van der Waals surface area contributed by atoms with E-state index < -0.39 is 0 Å². The molecule has 0 saturated heterocycles. The molecule has 1 aromatic carbocycles. The Morgan fingerprint density at radius 3 is 1.94 bits per heavy atom. The zero-order valence-electron chi connectivity index (χ0n) is 8.82. The van der Waals surface area contributed by atoms with E-state index in [2.05, 4.69) is 4.98 Å². The summed E-state index contributed by atoms with van der Waals surface area (Å²) in [7, 11) is 0. The number of benzene rings is 1. The third kappa shape index (κ3) is 5.35. The third-order valence-corrected chi connectivity index (χ3v) is 1.95. The van der Waals surface area contributed by atoms with Gasteiger partial charge in [0.1, 0.15) is 11.5 Å². The molecule has 0 spiro atoms. The van der Waals surface area contributed by atoms with Crippen LogP contribution in [0.3, 0.4) is 0 Å². The summed E-state index contributed by atoms with van der Waals surface area (Å²) < 4.78 is 5.53. The lowest BCUT2D eigenvalue weighted by molar-refractivity contribution is 0.448. The topological polar surface area (TPSA) is 62.6 Å². The first-order chi connectivity index (χ1) is 8.26. The van der Waals surface area contributed by atoms with Crippen molar-refractivity contribution in [2.24, 2.45) is 0 Å². The lowest BCUT2D eigenvalue weighted by Gasteiger charge is -2.04. The Kier molecular flexibility index (Phi) is 6.10. The van der Waals surface area contributed by atoms with Gasteiger partial charge in [-0.3, -0.25) is 4.98 Å². The van der Waals surface area contributed by atoms with E-state index >= 15 is 0 Å². The van der Waals surface area contributed by atoms with Crippen molar-refractivity contribution in [3.05, 3.63) is 53.8 Å². The molecule has 4 nitrogen and oxygen atoms in total. The molecule has 2 aromatic rings. The van der Waals surface area contributed by atoms with Crippen LogP contribution in [-0.4, -0.2) is 22.7 Å². The lowest BCUT2D eigenvalue weighted by atomic mass is 10.3. The molecule has 0 atom stereocenters. The second-order valence-corrected chi connectivity index (χ2v) is 3.29. The molecular formula is C11H10BClNO3. The van der Waals surface area contributed by atoms with Crippen molar-refractivity contribution in [1.29, 1.82) is 0 Å². The van der Waals surface area contributed by atoms with Crippen molar-refractivity contribution in [2.75, 3.05) is 0 Å². The fourth-order valence-corrected chi connectivity index (χ4v) is 1.17. The van der Waals surface area contributed by atoms with Gasteiger partial charge in [0, 0.05) is 17.4 Å². The van der Waals surface area contributed by atoms with Crippen LogP contribution in [0.15, 0.2) is 48.8 Å². The number of rotatable bonds is 2. The second kappa shape index (κ2) is 7.68. The highest BCUT2D eigenvalue weighted by Gasteiger charge is 1.95. The first kappa shape index (κ1) is 13.5. The van der Waals surface area contributed by atoms with Crippen LogP contribution in [0.2, 0.25) is 5.02 Å². The first-order valence-corrected chi connectivity index (χ1v) is 5.07. The molecule has 0 aliphatic heterocycles. The number of halogens is 1. The summed E-state index contributed by atoms with van der Waals surface area (Å²) in [5.74, 6) is 1.53. The molecule has 1 heterocycles. The quantitative estimate of drug-likeness (QED) is 0.801. The highest BCUT2D eigenvalue weighted by Crippen LogP contribution is 2.21. The lowest BCUT2D eigenvalue weighted by Crippen LogP contribution is -1.83. The van der Waals surface area contributed by atoms with Gasteiger partial charge in [-0.25, -0.2) is 0 Å². The number of aromatic nitrogens is 1. The second-order valence-electron chi connectivity index (χ2n) is 2.85. The van der Waals surface area contributed by atoms with Crippen molar-refractivity contribution in [1.82, 2.24) is 4.98 Å². The van der Waals surface area contributed by atoms with Gasteiger partial charge in [0.25, 0.3) is 0 Å². The average Bonchev–Trinajstić information content (AvgIpc) is 2.35. The van der Waals surface area contributed by atoms with E-state index in [0.29, 0.717) is 5.02 Å². The maximum atomic E-state index is 7.00. The van der Waals surface area contributed by atoms with Crippen LogP contribution in [-0.2, 0) is 0 Å². The maximum Gasteiger partial charge on any atom is 0.482 e. The largest absolute Gasteiger partial charge is 0.482 e. The van der Waals surface area contributed by atoms with E-state index in [0.717, 1.165) is 11.5 Å². The summed E-state index contributed by atoms with van der Waals surface area (Å²) in [5, 5.41) is 14.7. The molecule has 0 bridgehead atoms. The van der Waals surface area contributed by atoms with Crippen LogP contribution in [0.1, 0.15) is 0 Å². The fourth-order valence-electron chi connectivity index (χ4n) is 1.04. The van der Waals surface area contributed by atoms with Crippen molar-refractivity contribution >= 4 is 19.3 Å². The standard InChI is InChI=1S/C11H8ClNO.BH2O2/c12-9-1-3-10(4-2-9)14-11-5-7-13-8-6-11;2-1-3/h1-8H;2-3H. The van der Waals surface area contributed by atoms with Crippen molar-refractivity contribution < 1.29 is 14.8 Å². The van der Waals surface area contributed by atoms with Gasteiger partial charge < -0.3 is 14.8 Å². The fraction of sp³-hybridized carbons (Fsp3) is 0. The highest BCUT2D eigenvalue weighted by atomic mass is 35.5. The van der Waals surface area contributed by atoms with Gasteiger partial charge in [-0.2, -0.15) is 0 Å². The van der Waals surface area contributed by atoms with Crippen LogP contribution >= 0.6 is 11.6 Å². The maximum absolute atomic E-state index is 7.00. The van der Waals surface area contributed by atoms with Gasteiger partial charge in [-0.15, -0.1) is 0 Å². The predicted octanol–water partition coefficient (Wildman–Crippen LogP) is 2.03. The van der Waals surface area contributed by atoms with Crippen molar-refractivity contribution in [3.63, 3.8) is 0 Å². The van der Waals surface area contributed by atoms with Crippen molar-refractivity contribution in [3.8, 4) is 11.5 Å². The Balaban J connectivity index is 0.000000437. The third-order valence-electron chi connectivity index (χ3n) is 1.70. The van der Waals surface area contributed by atoms with E-state index in [-0.39, 0.29) is 7.69 Å². The minimum absolute atomic E-state index is 0. The summed E-state index contributed by atoms with van der Waals surface area (Å²) in [6, 6.07) is 10.8. The molecule has 1 radical (unpaired) electrons. The smallest absolute Gasteiger partial charge is 0.457 e. The number of pyridine rings is 1. The monoisotopic (exact) mass is 250 g/mol. The summed E-state index contributed by atoms with van der Waals surface area (Å²) >= 11 is 5.75. The van der Waals surface area contributed by atoms with Gasteiger partial charge in [0.05, 0.1) is 0 Å². The molecule has 0 saturated carbocycles. The first-order valence-electron chi connectivity index (χ1n) is 4.70. The van der Waals surface area contributed by atoms with Gasteiger partial charge in [-0.05, 0) is 36.4 Å². The van der Waals surface area contributed by atoms with Crippen LogP contribution < -0.4 is 4.74 Å². The molecule has 6 heteroatoms. The van der Waals surface area contributed by atoms with E-state index in [1.54, 1.807) is 36.7 Å². The summed E-state index contributed by atoms with van der Waals surface area (Å²) in [5.41, 5.74) is 0. The van der Waals surface area contributed by atoms with Crippen molar-refractivity contribution in [2.45, 2.75) is 0 Å².